The van der Waals surface area contributed by atoms with E-state index in [-0.39, 0.29) is 17.6 Å². The summed E-state index contributed by atoms with van der Waals surface area (Å²) in [6.07, 6.45) is 0. The third-order valence-corrected chi connectivity index (χ3v) is 4.38. The second-order valence-corrected chi connectivity index (χ2v) is 6.41. The van der Waals surface area contributed by atoms with Crippen molar-refractivity contribution in [2.24, 2.45) is 0 Å². The minimum absolute atomic E-state index is 0.0281. The number of carbonyl (C=O) groups excluding carboxylic acids is 1. The van der Waals surface area contributed by atoms with E-state index in [1.54, 1.807) is 13.2 Å². The Morgan fingerprint density at radius 3 is 2.48 bits per heavy atom. The highest BCUT2D eigenvalue weighted by Crippen LogP contribution is 2.22. The molecular weight excluding hydrogens is 342 g/mol. The zero-order valence-electron chi connectivity index (χ0n) is 15.7. The maximum Gasteiger partial charge on any atom is 0.273 e. The number of amides is 1. The standard InChI is InChI=1S/C21H23N3O3/c1-24(2)19(15-9-11-17(26-3)12-10-15)14-22-21(25)18-13-20(27-23-18)16-7-5-4-6-8-16/h4-13,19H,14H2,1-3H3,(H,22,25). The number of rotatable bonds is 7. The number of ether oxygens (including phenoxy) is 1. The quantitative estimate of drug-likeness (QED) is 0.695. The van der Waals surface area contributed by atoms with Crippen LogP contribution in [0.2, 0.25) is 0 Å². The number of carbonyl (C=O) groups is 1. The van der Waals surface area contributed by atoms with E-state index in [0.717, 1.165) is 16.9 Å². The summed E-state index contributed by atoms with van der Waals surface area (Å²) in [5, 5.41) is 6.83. The van der Waals surface area contributed by atoms with E-state index >= 15 is 0 Å². The number of hydrogen-bond acceptors (Lipinski definition) is 5. The lowest BCUT2D eigenvalue weighted by atomic mass is 10.1. The van der Waals surface area contributed by atoms with E-state index in [0.29, 0.717) is 12.3 Å². The van der Waals surface area contributed by atoms with Crippen molar-refractivity contribution in [2.75, 3.05) is 27.7 Å². The van der Waals surface area contributed by atoms with Crippen LogP contribution >= 0.6 is 0 Å². The Balaban J connectivity index is 1.66. The normalized spacial score (nSPS) is 12.0. The molecule has 6 nitrogen and oxygen atoms in total. The molecule has 140 valence electrons. The first-order valence-corrected chi connectivity index (χ1v) is 8.69. The van der Waals surface area contributed by atoms with Gasteiger partial charge in [0.1, 0.15) is 5.75 Å². The summed E-state index contributed by atoms with van der Waals surface area (Å²) >= 11 is 0. The van der Waals surface area contributed by atoms with Crippen LogP contribution in [0.15, 0.2) is 65.2 Å². The molecule has 0 aliphatic heterocycles. The molecule has 1 heterocycles. The molecule has 0 spiro atoms. The van der Waals surface area contributed by atoms with E-state index in [1.165, 1.54) is 0 Å². The molecule has 0 saturated carbocycles. The number of benzene rings is 2. The van der Waals surface area contributed by atoms with Gasteiger partial charge in [-0.05, 0) is 31.8 Å². The molecule has 1 amide bonds. The minimum atomic E-state index is -0.263. The Hall–Kier alpha value is -3.12. The topological polar surface area (TPSA) is 67.6 Å². The van der Waals surface area contributed by atoms with Crippen molar-refractivity contribution in [1.82, 2.24) is 15.4 Å². The molecule has 3 aromatic rings. The number of nitrogens with one attached hydrogen (secondary N) is 1. The Kier molecular flexibility index (Phi) is 5.88. The first-order valence-electron chi connectivity index (χ1n) is 8.69. The van der Waals surface area contributed by atoms with Crippen LogP contribution in [-0.4, -0.2) is 43.7 Å². The second-order valence-electron chi connectivity index (χ2n) is 6.41. The number of hydrogen-bond donors (Lipinski definition) is 1. The van der Waals surface area contributed by atoms with Gasteiger partial charge in [0.15, 0.2) is 11.5 Å². The maximum absolute atomic E-state index is 12.5. The van der Waals surface area contributed by atoms with Gasteiger partial charge in [0.2, 0.25) is 0 Å². The fourth-order valence-electron chi connectivity index (χ4n) is 2.83. The Morgan fingerprint density at radius 2 is 1.85 bits per heavy atom. The molecule has 0 saturated heterocycles. The van der Waals surface area contributed by atoms with Crippen LogP contribution < -0.4 is 10.1 Å². The molecular formula is C21H23N3O3. The summed E-state index contributed by atoms with van der Waals surface area (Å²) in [6.45, 7) is 0.450. The van der Waals surface area contributed by atoms with Gasteiger partial charge < -0.3 is 19.5 Å². The summed E-state index contributed by atoms with van der Waals surface area (Å²) in [7, 11) is 5.59. The Labute approximate surface area is 158 Å². The first kappa shape index (κ1) is 18.7. The summed E-state index contributed by atoms with van der Waals surface area (Å²) in [6, 6.07) is 19.1. The van der Waals surface area contributed by atoms with Gasteiger partial charge >= 0.3 is 0 Å². The zero-order valence-corrected chi connectivity index (χ0v) is 15.7. The van der Waals surface area contributed by atoms with Crippen molar-refractivity contribution in [1.29, 1.82) is 0 Å². The molecule has 6 heteroatoms. The molecule has 27 heavy (non-hydrogen) atoms. The number of likely N-dealkylation sites (N-methyl/N-ethyl adjacent to an activating group) is 1. The van der Waals surface area contributed by atoms with Crippen LogP contribution in [0.25, 0.3) is 11.3 Å². The predicted octanol–water partition coefficient (Wildman–Crippen LogP) is 3.38. The van der Waals surface area contributed by atoms with Gasteiger partial charge in [-0.15, -0.1) is 0 Å². The summed E-state index contributed by atoms with van der Waals surface area (Å²) in [5.74, 6) is 1.11. The zero-order chi connectivity index (χ0) is 19.2. The average molecular weight is 365 g/mol. The molecule has 0 bridgehead atoms. The molecule has 0 aliphatic carbocycles. The fourth-order valence-corrected chi connectivity index (χ4v) is 2.83. The van der Waals surface area contributed by atoms with Gasteiger partial charge in [-0.3, -0.25) is 4.79 Å². The second kappa shape index (κ2) is 8.51. The molecule has 2 aromatic carbocycles. The highest BCUT2D eigenvalue weighted by Gasteiger charge is 2.18. The van der Waals surface area contributed by atoms with Gasteiger partial charge in [-0.25, -0.2) is 0 Å². The number of nitrogens with zero attached hydrogens (tertiary/aromatic N) is 2. The molecule has 0 fully saturated rings. The summed E-state index contributed by atoms with van der Waals surface area (Å²) in [4.78, 5) is 14.5. The van der Waals surface area contributed by atoms with E-state index < -0.39 is 0 Å². The SMILES string of the molecule is COc1ccc(C(CNC(=O)c2cc(-c3ccccc3)on2)N(C)C)cc1. The number of methoxy groups -OCH3 is 1. The summed E-state index contributed by atoms with van der Waals surface area (Å²) in [5.41, 5.74) is 2.24. The molecule has 1 unspecified atom stereocenters. The average Bonchev–Trinajstić information content (AvgIpc) is 3.19. The molecule has 1 aromatic heterocycles. The minimum Gasteiger partial charge on any atom is -0.497 e. The lowest BCUT2D eigenvalue weighted by Gasteiger charge is -2.25. The van der Waals surface area contributed by atoms with E-state index in [1.807, 2.05) is 68.7 Å². The van der Waals surface area contributed by atoms with Gasteiger partial charge in [-0.2, -0.15) is 0 Å². The van der Waals surface area contributed by atoms with Gasteiger partial charge in [0.05, 0.1) is 13.2 Å². The van der Waals surface area contributed by atoms with E-state index in [2.05, 4.69) is 15.4 Å². The van der Waals surface area contributed by atoms with E-state index in [4.69, 9.17) is 9.26 Å². The highest BCUT2D eigenvalue weighted by atomic mass is 16.5. The van der Waals surface area contributed by atoms with Crippen molar-refractivity contribution in [2.45, 2.75) is 6.04 Å². The van der Waals surface area contributed by atoms with Crippen molar-refractivity contribution >= 4 is 5.91 Å². The predicted molar refractivity (Wildman–Crippen MR) is 104 cm³/mol. The van der Waals surface area contributed by atoms with E-state index in [9.17, 15) is 4.79 Å². The molecule has 1 N–H and O–H groups in total. The summed E-state index contributed by atoms with van der Waals surface area (Å²) < 4.78 is 10.5. The monoisotopic (exact) mass is 365 g/mol. The molecule has 1 atom stereocenters. The third-order valence-electron chi connectivity index (χ3n) is 4.38. The fraction of sp³-hybridized carbons (Fsp3) is 0.238. The van der Waals surface area contributed by atoms with Crippen LogP contribution in [0, 0.1) is 0 Å². The van der Waals surface area contributed by atoms with Crippen molar-refractivity contribution in [3.63, 3.8) is 0 Å². The van der Waals surface area contributed by atoms with Crippen molar-refractivity contribution < 1.29 is 14.1 Å². The smallest absolute Gasteiger partial charge is 0.273 e. The van der Waals surface area contributed by atoms with Crippen LogP contribution in [0.3, 0.4) is 0 Å². The molecule has 3 rings (SSSR count). The molecule has 0 aliphatic rings. The lowest BCUT2D eigenvalue weighted by Crippen LogP contribution is -2.34. The highest BCUT2D eigenvalue weighted by molar-refractivity contribution is 5.93. The third kappa shape index (κ3) is 4.54. The largest absolute Gasteiger partial charge is 0.497 e. The van der Waals surface area contributed by atoms with Gasteiger partial charge in [0, 0.05) is 18.2 Å². The van der Waals surface area contributed by atoms with Gasteiger partial charge in [0.25, 0.3) is 5.91 Å². The lowest BCUT2D eigenvalue weighted by molar-refractivity contribution is 0.0933. The Bertz CT molecular complexity index is 873. The Morgan fingerprint density at radius 1 is 1.15 bits per heavy atom. The first-order chi connectivity index (χ1) is 13.1. The van der Waals surface area contributed by atoms with Crippen LogP contribution in [-0.2, 0) is 0 Å². The van der Waals surface area contributed by atoms with Crippen molar-refractivity contribution in [3.05, 3.63) is 71.9 Å². The van der Waals surface area contributed by atoms with Crippen molar-refractivity contribution in [3.8, 4) is 17.1 Å². The van der Waals surface area contributed by atoms with Gasteiger partial charge in [-0.1, -0.05) is 47.6 Å². The van der Waals surface area contributed by atoms with Crippen LogP contribution in [0.1, 0.15) is 22.1 Å². The van der Waals surface area contributed by atoms with Crippen LogP contribution in [0.4, 0.5) is 0 Å². The van der Waals surface area contributed by atoms with Crippen LogP contribution in [0.5, 0.6) is 5.75 Å². The maximum atomic E-state index is 12.5. The number of aromatic nitrogens is 1. The molecule has 0 radical (unpaired) electrons.